The molecule has 0 radical (unpaired) electrons. The van der Waals surface area contributed by atoms with Gasteiger partial charge in [-0.2, -0.15) is 0 Å². The van der Waals surface area contributed by atoms with E-state index in [1.54, 1.807) is 0 Å². The number of hydrogen-bond donors (Lipinski definition) is 0. The van der Waals surface area contributed by atoms with Crippen molar-refractivity contribution in [3.05, 3.63) is 141 Å². The van der Waals surface area contributed by atoms with Gasteiger partial charge >= 0.3 is 0 Å². The number of hydrogen-bond acceptors (Lipinski definition) is 0. The van der Waals surface area contributed by atoms with Crippen LogP contribution in [-0.2, 0) is 7.05 Å². The van der Waals surface area contributed by atoms with Crippen LogP contribution in [0.25, 0.3) is 66.3 Å². The van der Waals surface area contributed by atoms with E-state index in [4.69, 9.17) is 46.4 Å². The third-order valence-corrected chi connectivity index (χ3v) is 8.88. The second-order valence-corrected chi connectivity index (χ2v) is 12.1. The summed E-state index contributed by atoms with van der Waals surface area (Å²) < 4.78 is 2.30. The summed E-state index contributed by atoms with van der Waals surface area (Å²) in [6.07, 6.45) is 0. The molecular weight excluding hydrogens is 600 g/mol. The first kappa shape index (κ1) is 27.1. The zero-order valence-electron chi connectivity index (χ0n) is 22.5. The molecule has 1 heterocycles. The van der Waals surface area contributed by atoms with Crippen LogP contribution >= 0.6 is 46.4 Å². The Morgan fingerprint density at radius 3 is 1.21 bits per heavy atom. The number of fused-ring (bicyclic) bond motifs is 3. The first-order valence-electron chi connectivity index (χ1n) is 13.5. The Hall–Kier alpha value is -3.72. The van der Waals surface area contributed by atoms with E-state index in [0.717, 1.165) is 55.5 Å². The van der Waals surface area contributed by atoms with Gasteiger partial charge in [0.1, 0.15) is 0 Å². The quantitative estimate of drug-likeness (QED) is 0.184. The molecule has 0 spiro atoms. The van der Waals surface area contributed by atoms with Crippen molar-refractivity contribution in [2.45, 2.75) is 0 Å². The van der Waals surface area contributed by atoms with Gasteiger partial charge in [0, 0.05) is 60.1 Å². The number of aromatic nitrogens is 1. The molecule has 5 heteroatoms. The SMILES string of the molecule is Cn1c2ccccc2c2c(-c3ccc(Cl)cc3)c(-c3ccc(Cl)cc3)c(-c3ccc(Cl)cc3)c(-c3ccc(Cl)cc3)c21. The third-order valence-electron chi connectivity index (χ3n) is 7.88. The Balaban J connectivity index is 1.81. The van der Waals surface area contributed by atoms with Crippen molar-refractivity contribution >= 4 is 68.2 Å². The lowest BCUT2D eigenvalue weighted by Gasteiger charge is -2.24. The van der Waals surface area contributed by atoms with Crippen molar-refractivity contribution in [2.24, 2.45) is 7.05 Å². The normalized spacial score (nSPS) is 11.5. The molecule has 0 bridgehead atoms. The number of aryl methyl sites for hydroxylation is 1. The molecule has 0 aliphatic heterocycles. The Kier molecular flexibility index (Phi) is 7.00. The number of benzene rings is 6. The van der Waals surface area contributed by atoms with Gasteiger partial charge in [0.15, 0.2) is 0 Å². The predicted octanol–water partition coefficient (Wildman–Crippen LogP) is 12.6. The summed E-state index contributed by atoms with van der Waals surface area (Å²) in [5.41, 5.74) is 11.0. The van der Waals surface area contributed by atoms with Gasteiger partial charge in [-0.25, -0.2) is 0 Å². The monoisotopic (exact) mass is 621 g/mol. The summed E-state index contributed by atoms with van der Waals surface area (Å²) in [6, 6.07) is 41.0. The number of halogens is 4. The average Bonchev–Trinajstić information content (AvgIpc) is 3.30. The third kappa shape index (κ3) is 4.58. The van der Waals surface area contributed by atoms with Crippen molar-refractivity contribution in [1.82, 2.24) is 4.57 Å². The zero-order chi connectivity index (χ0) is 29.0. The highest BCUT2D eigenvalue weighted by atomic mass is 35.5. The molecule has 1 aromatic heterocycles. The van der Waals surface area contributed by atoms with E-state index >= 15 is 0 Å². The number of rotatable bonds is 4. The molecule has 0 fully saturated rings. The maximum Gasteiger partial charge on any atom is 0.0581 e. The van der Waals surface area contributed by atoms with Gasteiger partial charge in [-0.1, -0.05) is 113 Å². The zero-order valence-corrected chi connectivity index (χ0v) is 25.5. The Bertz CT molecular complexity index is 2090. The molecule has 0 amide bonds. The fourth-order valence-electron chi connectivity index (χ4n) is 6.05. The Labute approximate surface area is 264 Å². The van der Waals surface area contributed by atoms with Crippen LogP contribution in [0, 0.1) is 0 Å². The molecule has 204 valence electrons. The van der Waals surface area contributed by atoms with Gasteiger partial charge in [-0.3, -0.25) is 0 Å². The van der Waals surface area contributed by atoms with E-state index in [1.807, 2.05) is 48.5 Å². The van der Waals surface area contributed by atoms with Gasteiger partial charge in [0.25, 0.3) is 0 Å². The molecule has 0 aliphatic rings. The van der Waals surface area contributed by atoms with Gasteiger partial charge in [-0.05, 0) is 82.4 Å². The fourth-order valence-corrected chi connectivity index (χ4v) is 6.55. The van der Waals surface area contributed by atoms with E-state index in [0.29, 0.717) is 20.1 Å². The van der Waals surface area contributed by atoms with E-state index in [1.165, 1.54) is 10.8 Å². The largest absolute Gasteiger partial charge is 0.343 e. The van der Waals surface area contributed by atoms with Crippen LogP contribution < -0.4 is 0 Å². The first-order chi connectivity index (χ1) is 20.4. The molecular formula is C37H23Cl4N. The van der Waals surface area contributed by atoms with Crippen molar-refractivity contribution < 1.29 is 0 Å². The maximum absolute atomic E-state index is 6.42. The highest BCUT2D eigenvalue weighted by molar-refractivity contribution is 6.32. The molecule has 0 unspecified atom stereocenters. The van der Waals surface area contributed by atoms with Crippen LogP contribution in [0.15, 0.2) is 121 Å². The van der Waals surface area contributed by atoms with Crippen LogP contribution in [-0.4, -0.2) is 4.57 Å². The van der Waals surface area contributed by atoms with E-state index in [-0.39, 0.29) is 0 Å². The molecule has 0 saturated carbocycles. The molecule has 6 aromatic carbocycles. The minimum absolute atomic E-state index is 0.684. The molecule has 7 rings (SSSR count). The number of nitrogens with zero attached hydrogens (tertiary/aromatic N) is 1. The second kappa shape index (κ2) is 10.8. The minimum atomic E-state index is 0.684. The predicted molar refractivity (Wildman–Crippen MR) is 182 cm³/mol. The van der Waals surface area contributed by atoms with Gasteiger partial charge < -0.3 is 4.57 Å². The Morgan fingerprint density at radius 1 is 0.405 bits per heavy atom. The first-order valence-corrected chi connectivity index (χ1v) is 15.0. The lowest BCUT2D eigenvalue weighted by atomic mass is 9.80. The smallest absolute Gasteiger partial charge is 0.0581 e. The van der Waals surface area contributed by atoms with E-state index in [2.05, 4.69) is 84.4 Å². The lowest BCUT2D eigenvalue weighted by molar-refractivity contribution is 1.02. The summed E-state index contributed by atoms with van der Waals surface area (Å²) in [4.78, 5) is 0. The number of para-hydroxylation sites is 1. The fraction of sp³-hybridized carbons (Fsp3) is 0.0270. The van der Waals surface area contributed by atoms with Crippen LogP contribution in [0.5, 0.6) is 0 Å². The van der Waals surface area contributed by atoms with Crippen molar-refractivity contribution in [1.29, 1.82) is 0 Å². The van der Waals surface area contributed by atoms with Crippen LogP contribution in [0.2, 0.25) is 20.1 Å². The summed E-state index contributed by atoms with van der Waals surface area (Å²) in [7, 11) is 2.14. The average molecular weight is 623 g/mol. The summed E-state index contributed by atoms with van der Waals surface area (Å²) in [6.45, 7) is 0. The molecule has 42 heavy (non-hydrogen) atoms. The maximum atomic E-state index is 6.42. The van der Waals surface area contributed by atoms with Gasteiger partial charge in [0.2, 0.25) is 0 Å². The molecule has 0 aliphatic carbocycles. The summed E-state index contributed by atoms with van der Waals surface area (Å²) in [5.74, 6) is 0. The standard InChI is InChI=1S/C37H23Cl4N/c1-42-31-5-3-2-4-30(31)36-34(24-10-18-28(40)19-11-24)32(22-6-14-26(38)15-7-22)33(23-8-16-27(39)17-9-23)35(37(36)42)25-12-20-29(41)21-13-25/h2-21H,1H3. The van der Waals surface area contributed by atoms with Crippen LogP contribution in [0.3, 0.4) is 0 Å². The van der Waals surface area contributed by atoms with Crippen LogP contribution in [0.4, 0.5) is 0 Å². The highest BCUT2D eigenvalue weighted by Crippen LogP contribution is 2.53. The van der Waals surface area contributed by atoms with Gasteiger partial charge in [-0.15, -0.1) is 0 Å². The van der Waals surface area contributed by atoms with Crippen LogP contribution in [0.1, 0.15) is 0 Å². The molecule has 1 nitrogen and oxygen atoms in total. The minimum Gasteiger partial charge on any atom is -0.343 e. The summed E-state index contributed by atoms with van der Waals surface area (Å²) in [5, 5.41) is 5.09. The molecule has 0 saturated heterocycles. The van der Waals surface area contributed by atoms with Crippen molar-refractivity contribution in [3.63, 3.8) is 0 Å². The van der Waals surface area contributed by atoms with Gasteiger partial charge in [0.05, 0.1) is 5.52 Å². The molecule has 0 atom stereocenters. The van der Waals surface area contributed by atoms with Crippen molar-refractivity contribution in [2.75, 3.05) is 0 Å². The summed E-state index contributed by atoms with van der Waals surface area (Å²) >= 11 is 25.7. The van der Waals surface area contributed by atoms with E-state index in [9.17, 15) is 0 Å². The topological polar surface area (TPSA) is 4.93 Å². The highest BCUT2D eigenvalue weighted by Gasteiger charge is 2.27. The second-order valence-electron chi connectivity index (χ2n) is 10.3. The lowest BCUT2D eigenvalue weighted by Crippen LogP contribution is -1.99. The molecule has 7 aromatic rings. The van der Waals surface area contributed by atoms with Crippen molar-refractivity contribution in [3.8, 4) is 44.5 Å². The Morgan fingerprint density at radius 2 is 0.762 bits per heavy atom. The molecule has 0 N–H and O–H groups in total. The van der Waals surface area contributed by atoms with E-state index < -0.39 is 0 Å².